The van der Waals surface area contributed by atoms with Gasteiger partial charge in [-0.2, -0.15) is 5.26 Å². The number of primary amides is 1. The molecular formula is C14H17N3O2. The van der Waals surface area contributed by atoms with Crippen LogP contribution in [0.1, 0.15) is 25.0 Å². The number of hydrogen-bond acceptors (Lipinski definition) is 3. The van der Waals surface area contributed by atoms with Crippen molar-refractivity contribution < 1.29 is 9.59 Å². The first-order valence-corrected chi connectivity index (χ1v) is 6.02. The van der Waals surface area contributed by atoms with Crippen molar-refractivity contribution in [3.05, 3.63) is 35.4 Å². The maximum absolute atomic E-state index is 11.6. The van der Waals surface area contributed by atoms with Crippen molar-refractivity contribution in [2.24, 2.45) is 11.7 Å². The summed E-state index contributed by atoms with van der Waals surface area (Å²) in [4.78, 5) is 23.0. The van der Waals surface area contributed by atoms with E-state index in [2.05, 4.69) is 5.32 Å². The van der Waals surface area contributed by atoms with Gasteiger partial charge in [-0.15, -0.1) is 0 Å². The highest BCUT2D eigenvalue weighted by atomic mass is 16.2. The van der Waals surface area contributed by atoms with Crippen molar-refractivity contribution in [3.63, 3.8) is 0 Å². The first-order valence-electron chi connectivity index (χ1n) is 6.02. The third-order valence-corrected chi connectivity index (χ3v) is 2.68. The molecule has 100 valence electrons. The van der Waals surface area contributed by atoms with Crippen LogP contribution in [0.3, 0.4) is 0 Å². The zero-order chi connectivity index (χ0) is 14.4. The van der Waals surface area contributed by atoms with Gasteiger partial charge in [0.05, 0.1) is 11.6 Å². The van der Waals surface area contributed by atoms with Gasteiger partial charge < -0.3 is 11.1 Å². The van der Waals surface area contributed by atoms with E-state index in [0.29, 0.717) is 5.56 Å². The van der Waals surface area contributed by atoms with E-state index in [-0.39, 0.29) is 18.2 Å². The predicted octanol–water partition coefficient (Wildman–Crippen LogP) is 0.727. The van der Waals surface area contributed by atoms with Gasteiger partial charge in [-0.25, -0.2) is 0 Å². The quantitative estimate of drug-likeness (QED) is 0.815. The van der Waals surface area contributed by atoms with Crippen LogP contribution in [0.25, 0.3) is 0 Å². The number of carbonyl (C=O) groups is 2. The molecule has 0 saturated heterocycles. The minimum Gasteiger partial charge on any atom is -0.368 e. The fraction of sp³-hybridized carbons (Fsp3) is 0.357. The number of hydrogen-bond donors (Lipinski definition) is 2. The number of rotatable bonds is 5. The van der Waals surface area contributed by atoms with Crippen molar-refractivity contribution in [1.29, 1.82) is 5.26 Å². The molecule has 0 aliphatic rings. The van der Waals surface area contributed by atoms with Crippen LogP contribution in [0.2, 0.25) is 0 Å². The SMILES string of the molecule is CC(C)C(=O)N[C@H](Cc1cccc(C#N)c1)C(N)=O. The molecule has 5 heteroatoms. The van der Waals surface area contributed by atoms with Gasteiger partial charge in [-0.1, -0.05) is 26.0 Å². The molecule has 1 rings (SSSR count). The summed E-state index contributed by atoms with van der Waals surface area (Å²) in [6.45, 7) is 3.48. The molecule has 5 nitrogen and oxygen atoms in total. The smallest absolute Gasteiger partial charge is 0.240 e. The number of nitriles is 1. The molecule has 0 aliphatic heterocycles. The monoisotopic (exact) mass is 259 g/mol. The van der Waals surface area contributed by atoms with E-state index in [1.54, 1.807) is 38.1 Å². The summed E-state index contributed by atoms with van der Waals surface area (Å²) in [6.07, 6.45) is 0.281. The average Bonchev–Trinajstić information content (AvgIpc) is 2.37. The summed E-state index contributed by atoms with van der Waals surface area (Å²) >= 11 is 0. The average molecular weight is 259 g/mol. The number of nitrogens with zero attached hydrogens (tertiary/aromatic N) is 1. The molecule has 0 fully saturated rings. The summed E-state index contributed by atoms with van der Waals surface area (Å²) in [5.41, 5.74) is 6.58. The lowest BCUT2D eigenvalue weighted by molar-refractivity contribution is -0.129. The largest absolute Gasteiger partial charge is 0.368 e. The molecule has 1 aromatic carbocycles. The second-order valence-corrected chi connectivity index (χ2v) is 4.63. The molecule has 1 atom stereocenters. The lowest BCUT2D eigenvalue weighted by Crippen LogP contribution is -2.47. The Morgan fingerprint density at radius 3 is 2.63 bits per heavy atom. The molecule has 0 saturated carbocycles. The Hall–Kier alpha value is -2.35. The molecule has 0 aromatic heterocycles. The molecule has 1 aromatic rings. The Morgan fingerprint density at radius 2 is 2.11 bits per heavy atom. The summed E-state index contributed by atoms with van der Waals surface area (Å²) < 4.78 is 0. The number of nitrogens with two attached hydrogens (primary N) is 1. The van der Waals surface area contributed by atoms with E-state index >= 15 is 0 Å². The van der Waals surface area contributed by atoms with Gasteiger partial charge in [0.1, 0.15) is 6.04 Å². The van der Waals surface area contributed by atoms with Crippen molar-refractivity contribution in [2.75, 3.05) is 0 Å². The predicted molar refractivity (Wildman–Crippen MR) is 70.8 cm³/mol. The van der Waals surface area contributed by atoms with E-state index in [0.717, 1.165) is 5.56 Å². The molecule has 0 heterocycles. The third kappa shape index (κ3) is 4.43. The molecule has 0 bridgehead atoms. The fourth-order valence-corrected chi connectivity index (χ4v) is 1.56. The van der Waals surface area contributed by atoms with Crippen LogP contribution >= 0.6 is 0 Å². The number of nitrogens with one attached hydrogen (secondary N) is 1. The second kappa shape index (κ2) is 6.55. The van der Waals surface area contributed by atoms with Gasteiger partial charge in [0.15, 0.2) is 0 Å². The fourth-order valence-electron chi connectivity index (χ4n) is 1.56. The molecule has 19 heavy (non-hydrogen) atoms. The molecular weight excluding hydrogens is 242 g/mol. The van der Waals surface area contributed by atoms with Gasteiger partial charge in [-0.05, 0) is 17.7 Å². The maximum atomic E-state index is 11.6. The van der Waals surface area contributed by atoms with Crippen molar-refractivity contribution >= 4 is 11.8 Å². The number of carbonyl (C=O) groups excluding carboxylic acids is 2. The van der Waals surface area contributed by atoms with Crippen LogP contribution in [-0.4, -0.2) is 17.9 Å². The highest BCUT2D eigenvalue weighted by Crippen LogP contribution is 2.07. The van der Waals surface area contributed by atoms with Crippen LogP contribution in [-0.2, 0) is 16.0 Å². The van der Waals surface area contributed by atoms with Crippen molar-refractivity contribution in [3.8, 4) is 6.07 Å². The Bertz CT molecular complexity index is 518. The van der Waals surface area contributed by atoms with Crippen LogP contribution in [0, 0.1) is 17.2 Å². The number of benzene rings is 1. The number of amides is 2. The van der Waals surface area contributed by atoms with E-state index in [9.17, 15) is 9.59 Å². The van der Waals surface area contributed by atoms with Gasteiger partial charge in [0.2, 0.25) is 11.8 Å². The lowest BCUT2D eigenvalue weighted by atomic mass is 10.0. The summed E-state index contributed by atoms with van der Waals surface area (Å²) in [6, 6.07) is 8.14. The molecule has 2 amide bonds. The maximum Gasteiger partial charge on any atom is 0.240 e. The van der Waals surface area contributed by atoms with Gasteiger partial charge >= 0.3 is 0 Å². The Kier molecular flexibility index (Phi) is 5.07. The molecule has 0 radical (unpaired) electrons. The van der Waals surface area contributed by atoms with Crippen LogP contribution in [0.15, 0.2) is 24.3 Å². The highest BCUT2D eigenvalue weighted by molar-refractivity contribution is 5.87. The first kappa shape index (κ1) is 14.7. The van der Waals surface area contributed by atoms with Gasteiger partial charge in [0, 0.05) is 12.3 Å². The lowest BCUT2D eigenvalue weighted by Gasteiger charge is -2.17. The van der Waals surface area contributed by atoms with Crippen molar-refractivity contribution in [2.45, 2.75) is 26.3 Å². The zero-order valence-corrected chi connectivity index (χ0v) is 11.0. The third-order valence-electron chi connectivity index (χ3n) is 2.68. The van der Waals surface area contributed by atoms with E-state index in [1.165, 1.54) is 0 Å². The Morgan fingerprint density at radius 1 is 1.42 bits per heavy atom. The molecule has 0 spiro atoms. The Labute approximate surface area is 112 Å². The summed E-state index contributed by atoms with van der Waals surface area (Å²) in [7, 11) is 0. The standard InChI is InChI=1S/C14H17N3O2/c1-9(2)14(19)17-12(13(16)18)7-10-4-3-5-11(6-10)8-15/h3-6,9,12H,7H2,1-2H3,(H2,16,18)(H,17,19)/t12-/m1/s1. The van der Waals surface area contributed by atoms with E-state index < -0.39 is 11.9 Å². The Balaban J connectivity index is 2.81. The minimum absolute atomic E-state index is 0.215. The normalized spacial score (nSPS) is 11.7. The topological polar surface area (TPSA) is 96.0 Å². The van der Waals surface area contributed by atoms with E-state index in [1.807, 2.05) is 6.07 Å². The molecule has 3 N–H and O–H groups in total. The first-order chi connectivity index (χ1) is 8.93. The van der Waals surface area contributed by atoms with Gasteiger partial charge in [-0.3, -0.25) is 9.59 Å². The minimum atomic E-state index is -0.760. The van der Waals surface area contributed by atoms with Crippen LogP contribution in [0.4, 0.5) is 0 Å². The highest BCUT2D eigenvalue weighted by Gasteiger charge is 2.20. The molecule has 0 unspecified atom stereocenters. The molecule has 0 aliphatic carbocycles. The van der Waals surface area contributed by atoms with Crippen molar-refractivity contribution in [1.82, 2.24) is 5.32 Å². The second-order valence-electron chi connectivity index (χ2n) is 4.63. The summed E-state index contributed by atoms with van der Waals surface area (Å²) in [5.74, 6) is -1.02. The van der Waals surface area contributed by atoms with Crippen LogP contribution in [0.5, 0.6) is 0 Å². The van der Waals surface area contributed by atoms with E-state index in [4.69, 9.17) is 11.0 Å². The summed E-state index contributed by atoms with van der Waals surface area (Å²) in [5, 5.41) is 11.4. The van der Waals surface area contributed by atoms with Crippen LogP contribution < -0.4 is 11.1 Å². The van der Waals surface area contributed by atoms with Gasteiger partial charge in [0.25, 0.3) is 0 Å². The zero-order valence-electron chi connectivity index (χ0n) is 11.0.